The Morgan fingerprint density at radius 1 is 1.62 bits per heavy atom. The van der Waals surface area contributed by atoms with E-state index in [0.29, 0.717) is 6.54 Å². The van der Waals surface area contributed by atoms with Crippen molar-refractivity contribution in [2.45, 2.75) is 32.4 Å². The summed E-state index contributed by atoms with van der Waals surface area (Å²) in [6, 6.07) is 0.392. The second kappa shape index (κ2) is 8.36. The zero-order valence-corrected chi connectivity index (χ0v) is 13.8. The van der Waals surface area contributed by atoms with Gasteiger partial charge in [0.25, 0.3) is 0 Å². The van der Waals surface area contributed by atoms with Gasteiger partial charge in [-0.3, -0.25) is 9.69 Å². The van der Waals surface area contributed by atoms with Crippen LogP contribution in [0.3, 0.4) is 0 Å². The average molecular weight is 316 g/mol. The van der Waals surface area contributed by atoms with Gasteiger partial charge in [-0.1, -0.05) is 6.92 Å². The lowest BCUT2D eigenvalue weighted by Crippen LogP contribution is -2.50. The van der Waals surface area contributed by atoms with Crippen molar-refractivity contribution in [2.24, 2.45) is 7.05 Å². The maximum absolute atomic E-state index is 12.1. The van der Waals surface area contributed by atoms with Gasteiger partial charge in [0, 0.05) is 45.1 Å². The molecule has 1 aliphatic heterocycles. The van der Waals surface area contributed by atoms with E-state index in [0.717, 1.165) is 31.9 Å². The Balaban J connectivity index is 0.00000220. The van der Waals surface area contributed by atoms with Crippen LogP contribution in [-0.4, -0.2) is 52.6 Å². The molecule has 2 rings (SSSR count). The van der Waals surface area contributed by atoms with Gasteiger partial charge in [-0.15, -0.1) is 12.4 Å². The largest absolute Gasteiger partial charge is 0.353 e. The molecule has 1 saturated heterocycles. The first-order chi connectivity index (χ1) is 9.61. The Hall–Kier alpha value is -1.11. The van der Waals surface area contributed by atoms with Gasteiger partial charge >= 0.3 is 0 Å². The van der Waals surface area contributed by atoms with Crippen molar-refractivity contribution in [2.75, 3.05) is 26.2 Å². The molecule has 6 nitrogen and oxygen atoms in total. The van der Waals surface area contributed by atoms with E-state index in [1.807, 2.05) is 24.7 Å². The number of piperazine rings is 1. The summed E-state index contributed by atoms with van der Waals surface area (Å²) in [5, 5.41) is 6.41. The number of nitrogens with one attached hydrogen (secondary N) is 2. The third-order valence-electron chi connectivity index (χ3n) is 3.88. The summed E-state index contributed by atoms with van der Waals surface area (Å²) in [7, 11) is 1.99. The zero-order chi connectivity index (χ0) is 14.5. The van der Waals surface area contributed by atoms with Crippen LogP contribution in [0.5, 0.6) is 0 Å². The summed E-state index contributed by atoms with van der Waals surface area (Å²) in [4.78, 5) is 18.7. The molecule has 1 aromatic heterocycles. The number of aryl methyl sites for hydroxylation is 1. The van der Waals surface area contributed by atoms with Crippen LogP contribution in [0.15, 0.2) is 12.4 Å². The van der Waals surface area contributed by atoms with Crippen molar-refractivity contribution in [3.8, 4) is 0 Å². The lowest BCUT2D eigenvalue weighted by Gasteiger charge is -2.35. The van der Waals surface area contributed by atoms with Gasteiger partial charge < -0.3 is 15.2 Å². The minimum atomic E-state index is 0. The van der Waals surface area contributed by atoms with Gasteiger partial charge in [0.1, 0.15) is 5.82 Å². The Bertz CT molecular complexity index is 450. The van der Waals surface area contributed by atoms with Gasteiger partial charge in [0.2, 0.25) is 5.91 Å². The molecule has 0 radical (unpaired) electrons. The van der Waals surface area contributed by atoms with Gasteiger partial charge in [0.05, 0.1) is 12.6 Å². The third kappa shape index (κ3) is 4.69. The number of amides is 1. The number of hydrogen-bond donors (Lipinski definition) is 2. The van der Waals surface area contributed by atoms with Crippen molar-refractivity contribution in [1.29, 1.82) is 0 Å². The Morgan fingerprint density at radius 3 is 3.00 bits per heavy atom. The monoisotopic (exact) mass is 315 g/mol. The maximum Gasteiger partial charge on any atom is 0.234 e. The molecule has 2 atom stereocenters. The van der Waals surface area contributed by atoms with Crippen LogP contribution < -0.4 is 10.6 Å². The molecule has 0 aliphatic carbocycles. The molecule has 2 N–H and O–H groups in total. The fourth-order valence-corrected chi connectivity index (χ4v) is 2.50. The minimum Gasteiger partial charge on any atom is -0.353 e. The number of hydrogen-bond acceptors (Lipinski definition) is 4. The summed E-state index contributed by atoms with van der Waals surface area (Å²) < 4.78 is 2.03. The standard InChI is InChI=1S/C14H25N5O.ClH/c1-4-11(2)17-13(20)10-19-8-5-15-9-12(19)14-16-6-7-18(14)3;/h6-7,11-12,15H,4-5,8-10H2,1-3H3,(H,17,20);1H. The molecule has 2 unspecified atom stereocenters. The molecular formula is C14H26ClN5O. The molecule has 0 spiro atoms. The first-order valence-corrected chi connectivity index (χ1v) is 7.33. The number of imidazole rings is 1. The first kappa shape index (κ1) is 17.9. The van der Waals surface area contributed by atoms with Gasteiger partial charge in [-0.25, -0.2) is 4.98 Å². The van der Waals surface area contributed by atoms with Crippen LogP contribution in [0.4, 0.5) is 0 Å². The van der Waals surface area contributed by atoms with Crippen molar-refractivity contribution in [3.63, 3.8) is 0 Å². The number of halogens is 1. The summed E-state index contributed by atoms with van der Waals surface area (Å²) in [5.41, 5.74) is 0. The zero-order valence-electron chi connectivity index (χ0n) is 13.0. The molecular weight excluding hydrogens is 290 g/mol. The van der Waals surface area contributed by atoms with Crippen LogP contribution in [0, 0.1) is 0 Å². The highest BCUT2D eigenvalue weighted by molar-refractivity contribution is 5.85. The molecule has 0 bridgehead atoms. The van der Waals surface area contributed by atoms with E-state index >= 15 is 0 Å². The predicted octanol–water partition coefficient (Wildman–Crippen LogP) is 0.703. The molecule has 120 valence electrons. The van der Waals surface area contributed by atoms with Gasteiger partial charge in [-0.2, -0.15) is 0 Å². The van der Waals surface area contributed by atoms with E-state index in [2.05, 4.69) is 27.4 Å². The molecule has 21 heavy (non-hydrogen) atoms. The Kier molecular flexibility index (Phi) is 7.14. The number of aromatic nitrogens is 2. The lowest BCUT2D eigenvalue weighted by atomic mass is 10.1. The van der Waals surface area contributed by atoms with E-state index in [1.165, 1.54) is 0 Å². The summed E-state index contributed by atoms with van der Waals surface area (Å²) >= 11 is 0. The van der Waals surface area contributed by atoms with Crippen LogP contribution >= 0.6 is 12.4 Å². The lowest BCUT2D eigenvalue weighted by molar-refractivity contribution is -0.123. The molecule has 1 amide bonds. The molecule has 1 aliphatic rings. The number of carbonyl (C=O) groups excluding carboxylic acids is 1. The van der Waals surface area contributed by atoms with Crippen molar-refractivity contribution in [3.05, 3.63) is 18.2 Å². The van der Waals surface area contributed by atoms with Crippen LogP contribution in [0.25, 0.3) is 0 Å². The van der Waals surface area contributed by atoms with Crippen LogP contribution in [-0.2, 0) is 11.8 Å². The highest BCUT2D eigenvalue weighted by atomic mass is 35.5. The van der Waals surface area contributed by atoms with Crippen LogP contribution in [0.2, 0.25) is 0 Å². The first-order valence-electron chi connectivity index (χ1n) is 7.33. The Morgan fingerprint density at radius 2 is 2.38 bits per heavy atom. The smallest absolute Gasteiger partial charge is 0.234 e. The van der Waals surface area contributed by atoms with E-state index in [4.69, 9.17) is 0 Å². The van der Waals surface area contributed by atoms with E-state index < -0.39 is 0 Å². The highest BCUT2D eigenvalue weighted by Gasteiger charge is 2.28. The van der Waals surface area contributed by atoms with E-state index in [-0.39, 0.29) is 30.4 Å². The molecule has 1 fully saturated rings. The quantitative estimate of drug-likeness (QED) is 0.840. The molecule has 2 heterocycles. The molecule has 7 heteroatoms. The summed E-state index contributed by atoms with van der Waals surface area (Å²) in [6.07, 6.45) is 4.71. The second-order valence-corrected chi connectivity index (χ2v) is 5.46. The van der Waals surface area contributed by atoms with Gasteiger partial charge in [0.15, 0.2) is 0 Å². The molecule has 0 aromatic carbocycles. The highest BCUT2D eigenvalue weighted by Crippen LogP contribution is 2.19. The van der Waals surface area contributed by atoms with Crippen molar-refractivity contribution >= 4 is 18.3 Å². The fraction of sp³-hybridized carbons (Fsp3) is 0.714. The normalized spacial score (nSPS) is 20.6. The van der Waals surface area contributed by atoms with E-state index in [1.54, 1.807) is 6.20 Å². The van der Waals surface area contributed by atoms with Crippen molar-refractivity contribution in [1.82, 2.24) is 25.1 Å². The Labute approximate surface area is 132 Å². The van der Waals surface area contributed by atoms with Crippen molar-refractivity contribution < 1.29 is 4.79 Å². The van der Waals surface area contributed by atoms with Gasteiger partial charge in [-0.05, 0) is 13.3 Å². The second-order valence-electron chi connectivity index (χ2n) is 5.46. The predicted molar refractivity (Wildman–Crippen MR) is 85.5 cm³/mol. The SMILES string of the molecule is CCC(C)NC(=O)CN1CCNCC1c1nccn1C.Cl. The summed E-state index contributed by atoms with van der Waals surface area (Å²) in [5.74, 6) is 1.11. The minimum absolute atomic E-state index is 0. The number of rotatable bonds is 5. The van der Waals surface area contributed by atoms with Crippen LogP contribution in [0.1, 0.15) is 32.1 Å². The topological polar surface area (TPSA) is 62.2 Å². The number of nitrogens with zero attached hydrogens (tertiary/aromatic N) is 3. The third-order valence-corrected chi connectivity index (χ3v) is 3.88. The molecule has 1 aromatic rings. The average Bonchev–Trinajstić information content (AvgIpc) is 2.85. The number of carbonyl (C=O) groups is 1. The maximum atomic E-state index is 12.1. The fourth-order valence-electron chi connectivity index (χ4n) is 2.50. The molecule has 0 saturated carbocycles. The van der Waals surface area contributed by atoms with E-state index in [9.17, 15) is 4.79 Å². The summed E-state index contributed by atoms with van der Waals surface area (Å²) in [6.45, 7) is 7.16.